The highest BCUT2D eigenvalue weighted by Gasteiger charge is 2.31. The maximum atomic E-state index is 14.8. The summed E-state index contributed by atoms with van der Waals surface area (Å²) < 4.78 is 53.5. The Morgan fingerprint density at radius 3 is 2.67 bits per heavy atom. The van der Waals surface area contributed by atoms with Crippen LogP contribution in [0, 0.1) is 5.82 Å². The van der Waals surface area contributed by atoms with Crippen molar-refractivity contribution in [3.8, 4) is 17.0 Å². The number of aromatic nitrogens is 2. The number of benzene rings is 2. The molecule has 1 aromatic heterocycles. The van der Waals surface area contributed by atoms with E-state index >= 15 is 0 Å². The maximum Gasteiger partial charge on any atom is 0.416 e. The van der Waals surface area contributed by atoms with Gasteiger partial charge in [0.15, 0.2) is 5.82 Å². The first-order valence-electron chi connectivity index (χ1n) is 9.54. The topological polar surface area (TPSA) is 61.3 Å². The zero-order valence-corrected chi connectivity index (χ0v) is 16.2. The molecule has 0 saturated carbocycles. The molecule has 158 valence electrons. The van der Waals surface area contributed by atoms with Crippen LogP contribution in [-0.2, 0) is 6.18 Å². The van der Waals surface area contributed by atoms with Gasteiger partial charge in [0, 0.05) is 23.5 Å². The Kier molecular flexibility index (Phi) is 5.23. The van der Waals surface area contributed by atoms with Crippen LogP contribution < -0.4 is 5.32 Å². The summed E-state index contributed by atoms with van der Waals surface area (Å²) in [4.78, 5) is 2.17. The first-order valence-corrected chi connectivity index (χ1v) is 9.54. The Labute approximate surface area is 170 Å². The summed E-state index contributed by atoms with van der Waals surface area (Å²) in [6, 6.07) is 7.07. The molecule has 1 aliphatic heterocycles. The molecule has 3 aromatic rings. The predicted octanol–water partition coefficient (Wildman–Crippen LogP) is 4.67. The van der Waals surface area contributed by atoms with Crippen molar-refractivity contribution in [2.75, 3.05) is 25.5 Å². The van der Waals surface area contributed by atoms with Gasteiger partial charge in [-0.15, -0.1) is 10.2 Å². The van der Waals surface area contributed by atoms with Crippen molar-refractivity contribution < 1.29 is 22.7 Å². The molecule has 1 aliphatic rings. The second-order valence-electron chi connectivity index (χ2n) is 7.54. The summed E-state index contributed by atoms with van der Waals surface area (Å²) >= 11 is 0. The fourth-order valence-electron chi connectivity index (χ4n) is 3.85. The van der Waals surface area contributed by atoms with Crippen molar-refractivity contribution in [1.82, 2.24) is 15.1 Å². The first-order chi connectivity index (χ1) is 14.2. The van der Waals surface area contributed by atoms with E-state index in [1.165, 1.54) is 12.1 Å². The van der Waals surface area contributed by atoms with E-state index < -0.39 is 23.3 Å². The van der Waals surface area contributed by atoms with Gasteiger partial charge < -0.3 is 15.3 Å². The van der Waals surface area contributed by atoms with Crippen LogP contribution >= 0.6 is 0 Å². The van der Waals surface area contributed by atoms with Crippen LogP contribution in [0.15, 0.2) is 36.4 Å². The highest BCUT2D eigenvalue weighted by Crippen LogP contribution is 2.39. The van der Waals surface area contributed by atoms with E-state index in [-0.39, 0.29) is 28.5 Å². The van der Waals surface area contributed by atoms with Crippen LogP contribution in [0.1, 0.15) is 18.4 Å². The van der Waals surface area contributed by atoms with Gasteiger partial charge in [-0.2, -0.15) is 13.2 Å². The summed E-state index contributed by atoms with van der Waals surface area (Å²) in [5.74, 6) is -0.848. The number of phenols is 1. The SMILES string of the molecule is CN1CCCC(Nc2nnc(-c3ccc(C(F)(F)F)cc3O)c3cccc(F)c23)C1. The number of halogens is 4. The Balaban J connectivity index is 1.79. The van der Waals surface area contributed by atoms with Crippen molar-refractivity contribution in [2.45, 2.75) is 25.1 Å². The molecule has 2 heterocycles. The van der Waals surface area contributed by atoms with Gasteiger partial charge in [0.05, 0.1) is 10.9 Å². The molecule has 0 aliphatic carbocycles. The number of piperidine rings is 1. The fraction of sp³-hybridized carbons (Fsp3) is 0.333. The predicted molar refractivity (Wildman–Crippen MR) is 106 cm³/mol. The molecule has 9 heteroatoms. The van der Waals surface area contributed by atoms with E-state index in [1.807, 2.05) is 7.05 Å². The minimum Gasteiger partial charge on any atom is -0.507 e. The number of phenolic OH excluding ortho intramolecular Hbond substituents is 1. The molecule has 2 N–H and O–H groups in total. The van der Waals surface area contributed by atoms with E-state index in [0.717, 1.165) is 38.1 Å². The largest absolute Gasteiger partial charge is 0.507 e. The summed E-state index contributed by atoms with van der Waals surface area (Å²) in [5.41, 5.74) is -0.816. The maximum absolute atomic E-state index is 14.8. The molecule has 2 aromatic carbocycles. The molecule has 1 saturated heterocycles. The monoisotopic (exact) mass is 420 g/mol. The quantitative estimate of drug-likeness (QED) is 0.604. The number of aromatic hydroxyl groups is 1. The van der Waals surface area contributed by atoms with Gasteiger partial charge in [-0.1, -0.05) is 12.1 Å². The van der Waals surface area contributed by atoms with Gasteiger partial charge in [-0.05, 0) is 50.7 Å². The second-order valence-corrected chi connectivity index (χ2v) is 7.54. The lowest BCUT2D eigenvalue weighted by atomic mass is 10.0. The molecule has 1 atom stereocenters. The van der Waals surface area contributed by atoms with Gasteiger partial charge in [0.1, 0.15) is 17.3 Å². The van der Waals surface area contributed by atoms with Gasteiger partial charge in [0.25, 0.3) is 0 Å². The van der Waals surface area contributed by atoms with Gasteiger partial charge in [-0.25, -0.2) is 4.39 Å². The minimum absolute atomic E-state index is 0.0510. The lowest BCUT2D eigenvalue weighted by Gasteiger charge is -2.30. The summed E-state index contributed by atoms with van der Waals surface area (Å²) in [5, 5.41) is 22.3. The molecule has 0 spiro atoms. The summed E-state index contributed by atoms with van der Waals surface area (Å²) in [7, 11) is 2.01. The normalized spacial score (nSPS) is 18.0. The van der Waals surface area contributed by atoms with Crippen molar-refractivity contribution in [1.29, 1.82) is 0 Å². The van der Waals surface area contributed by atoms with E-state index in [2.05, 4.69) is 20.4 Å². The summed E-state index contributed by atoms with van der Waals surface area (Å²) in [6.45, 7) is 1.77. The van der Waals surface area contributed by atoms with E-state index in [0.29, 0.717) is 11.5 Å². The van der Waals surface area contributed by atoms with Crippen LogP contribution in [0.4, 0.5) is 23.4 Å². The highest BCUT2D eigenvalue weighted by molar-refractivity contribution is 6.01. The van der Waals surface area contributed by atoms with Crippen molar-refractivity contribution in [3.63, 3.8) is 0 Å². The molecular formula is C21H20F4N4O. The lowest BCUT2D eigenvalue weighted by Crippen LogP contribution is -2.40. The number of hydrogen-bond donors (Lipinski definition) is 2. The van der Waals surface area contributed by atoms with Gasteiger partial charge >= 0.3 is 6.18 Å². The number of likely N-dealkylation sites (N-methyl/N-ethyl adjacent to an activating group) is 1. The molecule has 1 fully saturated rings. The van der Waals surface area contributed by atoms with E-state index in [1.54, 1.807) is 6.07 Å². The Morgan fingerprint density at radius 2 is 1.97 bits per heavy atom. The van der Waals surface area contributed by atoms with Crippen molar-refractivity contribution in [2.24, 2.45) is 0 Å². The average molecular weight is 420 g/mol. The van der Waals surface area contributed by atoms with Gasteiger partial charge in [-0.3, -0.25) is 0 Å². The Bertz CT molecular complexity index is 1090. The van der Waals surface area contributed by atoms with Crippen LogP contribution in [0.2, 0.25) is 0 Å². The van der Waals surface area contributed by atoms with Crippen molar-refractivity contribution in [3.05, 3.63) is 47.8 Å². The number of nitrogens with zero attached hydrogens (tertiary/aromatic N) is 3. The molecular weight excluding hydrogens is 400 g/mol. The highest BCUT2D eigenvalue weighted by atomic mass is 19.4. The summed E-state index contributed by atoms with van der Waals surface area (Å²) in [6.07, 6.45) is -2.68. The van der Waals surface area contributed by atoms with Crippen LogP contribution in [0.3, 0.4) is 0 Å². The molecule has 1 unspecified atom stereocenters. The van der Waals surface area contributed by atoms with E-state index in [9.17, 15) is 22.7 Å². The molecule has 0 amide bonds. The molecule has 30 heavy (non-hydrogen) atoms. The minimum atomic E-state index is -4.59. The standard InChI is InChI=1S/C21H20F4N4O/c1-29-9-3-4-13(11-29)26-20-18-15(5-2-6-16(18)22)19(27-28-20)14-8-7-12(10-17(14)30)21(23,24)25/h2,5-8,10,13,30H,3-4,9,11H2,1H3,(H,26,28). The number of likely N-dealkylation sites (tertiary alicyclic amines) is 1. The number of alkyl halides is 3. The zero-order valence-electron chi connectivity index (χ0n) is 16.2. The third-order valence-electron chi connectivity index (χ3n) is 5.30. The lowest BCUT2D eigenvalue weighted by molar-refractivity contribution is -0.137. The molecule has 0 radical (unpaired) electrons. The number of fused-ring (bicyclic) bond motifs is 1. The number of rotatable bonds is 3. The molecule has 5 nitrogen and oxygen atoms in total. The zero-order chi connectivity index (χ0) is 21.5. The average Bonchev–Trinajstić information content (AvgIpc) is 2.68. The van der Waals surface area contributed by atoms with Crippen molar-refractivity contribution >= 4 is 16.6 Å². The third-order valence-corrected chi connectivity index (χ3v) is 5.30. The van der Waals surface area contributed by atoms with Crippen LogP contribution in [0.5, 0.6) is 5.75 Å². The fourth-order valence-corrected chi connectivity index (χ4v) is 3.85. The molecule has 4 rings (SSSR count). The number of nitrogens with one attached hydrogen (secondary N) is 1. The number of anilines is 1. The number of hydrogen-bond acceptors (Lipinski definition) is 5. The molecule has 0 bridgehead atoms. The Hall–Kier alpha value is -2.94. The third kappa shape index (κ3) is 3.89. The smallest absolute Gasteiger partial charge is 0.416 e. The van der Waals surface area contributed by atoms with E-state index in [4.69, 9.17) is 0 Å². The second kappa shape index (κ2) is 7.71. The van der Waals surface area contributed by atoms with Crippen LogP contribution in [0.25, 0.3) is 22.0 Å². The van der Waals surface area contributed by atoms with Gasteiger partial charge in [0.2, 0.25) is 0 Å². The Morgan fingerprint density at radius 1 is 1.17 bits per heavy atom. The van der Waals surface area contributed by atoms with Crippen LogP contribution in [-0.4, -0.2) is 46.4 Å². The first kappa shape index (κ1) is 20.3.